The molecular weight excluding hydrogens is 412 g/mol. The minimum absolute atomic E-state index is 0. The summed E-state index contributed by atoms with van der Waals surface area (Å²) < 4.78 is 34.4. The predicted octanol–water partition coefficient (Wildman–Crippen LogP) is -2.21. The SMILES string of the molecule is O=S(=O)([O-])c1ccc(N=Nc2ccc([O-])c3ncccc23)c2ccccc12.[Na+].[Na+]. The summed E-state index contributed by atoms with van der Waals surface area (Å²) in [6.07, 6.45) is 1.53. The first-order chi connectivity index (χ1) is 12.9. The molecule has 4 aromatic rings. The molecule has 0 saturated carbocycles. The molecule has 0 radical (unpaired) electrons. The Morgan fingerprint density at radius 2 is 1.34 bits per heavy atom. The predicted molar refractivity (Wildman–Crippen MR) is 97.3 cm³/mol. The van der Waals surface area contributed by atoms with E-state index >= 15 is 0 Å². The van der Waals surface area contributed by atoms with E-state index in [-0.39, 0.29) is 75.1 Å². The van der Waals surface area contributed by atoms with Crippen molar-refractivity contribution in [3.8, 4) is 5.75 Å². The molecule has 0 N–H and O–H groups in total. The maximum atomic E-state index is 11.9. The van der Waals surface area contributed by atoms with Crippen LogP contribution < -0.4 is 64.2 Å². The fourth-order valence-corrected chi connectivity index (χ4v) is 3.57. The summed E-state index contributed by atoms with van der Waals surface area (Å²) >= 11 is 0. The van der Waals surface area contributed by atoms with Crippen molar-refractivity contribution >= 4 is 43.2 Å². The summed E-state index contributed by atoms with van der Waals surface area (Å²) in [5.74, 6) is -0.208. The third-order valence-electron chi connectivity index (χ3n) is 4.11. The summed E-state index contributed by atoms with van der Waals surface area (Å²) in [7, 11) is -4.61. The zero-order chi connectivity index (χ0) is 19.0. The Morgan fingerprint density at radius 1 is 0.759 bits per heavy atom. The smallest absolute Gasteiger partial charge is 0.871 e. The van der Waals surface area contributed by atoms with Gasteiger partial charge < -0.3 is 9.66 Å². The van der Waals surface area contributed by atoms with Crippen molar-refractivity contribution in [3.63, 3.8) is 0 Å². The van der Waals surface area contributed by atoms with Crippen LogP contribution >= 0.6 is 0 Å². The van der Waals surface area contributed by atoms with Crippen LogP contribution in [-0.2, 0) is 10.1 Å². The summed E-state index contributed by atoms with van der Waals surface area (Å²) in [6.45, 7) is 0. The molecule has 0 atom stereocenters. The number of hydrogen-bond acceptors (Lipinski definition) is 7. The number of azo groups is 1. The molecular formula is C19H11N3Na2O4S. The van der Waals surface area contributed by atoms with Gasteiger partial charge in [0.1, 0.15) is 10.1 Å². The van der Waals surface area contributed by atoms with Gasteiger partial charge in [0.2, 0.25) is 0 Å². The van der Waals surface area contributed by atoms with E-state index in [1.165, 1.54) is 24.4 Å². The molecule has 7 nitrogen and oxygen atoms in total. The maximum absolute atomic E-state index is 11.9. The fourth-order valence-electron chi connectivity index (χ4n) is 2.89. The summed E-state index contributed by atoms with van der Waals surface area (Å²) in [5.41, 5.74) is 1.16. The zero-order valence-corrected chi connectivity index (χ0v) is 20.6. The first kappa shape index (κ1) is 23.9. The van der Waals surface area contributed by atoms with E-state index in [4.69, 9.17) is 0 Å². The topological polar surface area (TPSA) is 118 Å². The van der Waals surface area contributed by atoms with Gasteiger partial charge in [-0.3, -0.25) is 4.98 Å². The molecule has 4 rings (SSSR count). The van der Waals surface area contributed by atoms with Crippen LogP contribution in [0.5, 0.6) is 5.75 Å². The van der Waals surface area contributed by atoms with Crippen LogP contribution in [0.4, 0.5) is 11.4 Å². The van der Waals surface area contributed by atoms with E-state index in [2.05, 4.69) is 15.2 Å². The molecule has 0 bridgehead atoms. The zero-order valence-electron chi connectivity index (χ0n) is 15.7. The first-order valence-corrected chi connectivity index (χ1v) is 9.30. The molecule has 0 fully saturated rings. The van der Waals surface area contributed by atoms with E-state index in [1.807, 2.05) is 0 Å². The van der Waals surface area contributed by atoms with Crippen molar-refractivity contribution < 1.29 is 77.2 Å². The summed E-state index contributed by atoms with van der Waals surface area (Å²) in [5, 5.41) is 21.6. The molecule has 0 aliphatic heterocycles. The van der Waals surface area contributed by atoms with E-state index in [1.54, 1.807) is 42.5 Å². The van der Waals surface area contributed by atoms with Crippen molar-refractivity contribution in [1.82, 2.24) is 4.98 Å². The average Bonchev–Trinajstić information content (AvgIpc) is 2.66. The second-order valence-corrected chi connectivity index (χ2v) is 7.11. The Labute approximate surface area is 211 Å². The molecule has 0 aliphatic rings. The number of hydrogen-bond donors (Lipinski definition) is 0. The number of rotatable bonds is 3. The van der Waals surface area contributed by atoms with Gasteiger partial charge in [-0.25, -0.2) is 8.42 Å². The standard InChI is InChI=1S/C19H13N3O4S.2Na/c23-17-9-7-16(14-6-3-11-20-19(14)17)22-21-15-8-10-18(27(24,25)26)13-5-2-1-4-12(13)15;;/h1-11,23H,(H,24,25,26);;/q;2*+1/p-2. The summed E-state index contributed by atoms with van der Waals surface area (Å²) in [4.78, 5) is 3.77. The normalized spacial score (nSPS) is 11.3. The van der Waals surface area contributed by atoms with Crippen molar-refractivity contribution in [2.24, 2.45) is 10.2 Å². The van der Waals surface area contributed by atoms with Gasteiger partial charge in [-0.15, -0.1) is 10.2 Å². The van der Waals surface area contributed by atoms with Crippen molar-refractivity contribution in [1.29, 1.82) is 0 Å². The largest absolute Gasteiger partial charge is 1.00 e. The Kier molecular flexibility index (Phi) is 7.94. The number of nitrogens with zero attached hydrogens (tertiary/aromatic N) is 3. The van der Waals surface area contributed by atoms with Crippen LogP contribution in [0.25, 0.3) is 21.7 Å². The first-order valence-electron chi connectivity index (χ1n) is 7.89. The fraction of sp³-hybridized carbons (Fsp3) is 0. The Morgan fingerprint density at radius 3 is 2.03 bits per heavy atom. The van der Waals surface area contributed by atoms with Gasteiger partial charge in [0.25, 0.3) is 0 Å². The third kappa shape index (κ3) is 4.87. The second kappa shape index (κ2) is 9.63. The quantitative estimate of drug-likeness (QED) is 0.210. The van der Waals surface area contributed by atoms with E-state index in [0.29, 0.717) is 27.7 Å². The average molecular weight is 423 g/mol. The van der Waals surface area contributed by atoms with Gasteiger partial charge in [-0.05, 0) is 30.3 Å². The molecule has 0 unspecified atom stereocenters. The summed E-state index contributed by atoms with van der Waals surface area (Å²) in [6, 6.07) is 15.6. The van der Waals surface area contributed by atoms with Gasteiger partial charge >= 0.3 is 59.1 Å². The van der Waals surface area contributed by atoms with E-state index in [9.17, 15) is 18.1 Å². The van der Waals surface area contributed by atoms with Gasteiger partial charge in [0.05, 0.1) is 21.8 Å². The minimum Gasteiger partial charge on any atom is -0.871 e. The number of aromatic nitrogens is 1. The third-order valence-corrected chi connectivity index (χ3v) is 5.00. The van der Waals surface area contributed by atoms with Gasteiger partial charge in [0.15, 0.2) is 0 Å². The van der Waals surface area contributed by atoms with Crippen molar-refractivity contribution in [2.45, 2.75) is 4.90 Å². The Balaban J connectivity index is 0.00000150. The molecule has 0 spiro atoms. The number of pyridine rings is 1. The van der Waals surface area contributed by atoms with Crippen molar-refractivity contribution in [2.75, 3.05) is 0 Å². The van der Waals surface area contributed by atoms with Gasteiger partial charge in [-0.1, -0.05) is 36.1 Å². The van der Waals surface area contributed by atoms with Crippen LogP contribution in [0.2, 0.25) is 0 Å². The van der Waals surface area contributed by atoms with Crippen LogP contribution in [0.15, 0.2) is 82.0 Å². The molecule has 1 aromatic heterocycles. The maximum Gasteiger partial charge on any atom is 1.00 e. The van der Waals surface area contributed by atoms with Gasteiger partial charge in [-0.2, -0.15) is 0 Å². The number of benzene rings is 3. The molecule has 0 saturated heterocycles. The van der Waals surface area contributed by atoms with Crippen LogP contribution in [0, 0.1) is 0 Å². The van der Waals surface area contributed by atoms with Gasteiger partial charge in [0, 0.05) is 22.4 Å². The van der Waals surface area contributed by atoms with E-state index in [0.717, 1.165) is 0 Å². The Hall–Kier alpha value is -1.36. The molecule has 0 amide bonds. The van der Waals surface area contributed by atoms with Crippen LogP contribution in [0.1, 0.15) is 0 Å². The molecule has 3 aromatic carbocycles. The second-order valence-electron chi connectivity index (χ2n) is 5.76. The molecule has 134 valence electrons. The van der Waals surface area contributed by atoms with Crippen LogP contribution in [-0.4, -0.2) is 18.0 Å². The number of fused-ring (bicyclic) bond motifs is 2. The van der Waals surface area contributed by atoms with E-state index < -0.39 is 10.1 Å². The molecule has 29 heavy (non-hydrogen) atoms. The monoisotopic (exact) mass is 423 g/mol. The molecule has 10 heteroatoms. The minimum atomic E-state index is -4.61. The molecule has 1 heterocycles. The Bertz CT molecular complexity index is 1330. The van der Waals surface area contributed by atoms with Crippen LogP contribution in [0.3, 0.4) is 0 Å². The van der Waals surface area contributed by atoms with Crippen molar-refractivity contribution in [3.05, 3.63) is 66.9 Å². The molecule has 0 aliphatic carbocycles.